The fourth-order valence-electron chi connectivity index (χ4n) is 5.27. The molecule has 14 heteroatoms. The maximum atomic E-state index is 13.9. The third kappa shape index (κ3) is 6.90. The van der Waals surface area contributed by atoms with Gasteiger partial charge in [0.1, 0.15) is 17.1 Å². The zero-order valence-electron chi connectivity index (χ0n) is 24.3. The van der Waals surface area contributed by atoms with Crippen LogP contribution in [0, 0.1) is 0 Å². The van der Waals surface area contributed by atoms with E-state index in [1.165, 1.54) is 7.11 Å². The van der Waals surface area contributed by atoms with Crippen molar-refractivity contribution in [3.8, 4) is 17.4 Å². The molecule has 0 unspecified atom stereocenters. The number of rotatable bonds is 8. The summed E-state index contributed by atoms with van der Waals surface area (Å²) in [7, 11) is 1.42. The minimum atomic E-state index is -4.75. The number of hydrogen-bond acceptors (Lipinski definition) is 10. The molecule has 45 heavy (non-hydrogen) atoms. The van der Waals surface area contributed by atoms with Crippen LogP contribution in [-0.4, -0.2) is 58.7 Å². The highest BCUT2D eigenvalue weighted by atomic mass is 19.4. The predicted octanol–water partition coefficient (Wildman–Crippen LogP) is 5.30. The molecule has 2 aliphatic heterocycles. The first-order valence-electron chi connectivity index (χ1n) is 14.4. The van der Waals surface area contributed by atoms with Crippen LogP contribution in [0.5, 0.6) is 17.4 Å². The predicted molar refractivity (Wildman–Crippen MR) is 158 cm³/mol. The highest BCUT2D eigenvalue weighted by Gasteiger charge is 2.37. The molecular formula is C31H30F3N7O4. The van der Waals surface area contributed by atoms with Crippen LogP contribution >= 0.6 is 0 Å². The first-order chi connectivity index (χ1) is 21.8. The summed E-state index contributed by atoms with van der Waals surface area (Å²) in [5.74, 6) is 0.0983. The number of anilines is 3. The number of halogens is 3. The lowest BCUT2D eigenvalue weighted by atomic mass is 10.0. The van der Waals surface area contributed by atoms with Crippen molar-refractivity contribution in [3.63, 3.8) is 0 Å². The molecule has 4 aromatic rings. The standard InChI is InChI=1S/C31H30F3N7O4/c1-43-26-16-20(27(42)38-21-8-13-41(14-9-21)30-35-11-3-12-36-30)6-7-24(26)39-29-37-17-23(31(32,33)34)28(40-29)45-25-5-2-4-19-10-15-44-18-22(19)25/h2-7,11-12,16-17,21H,8-10,13-15,18H2,1H3,(H,38,42)(H,37,39,40). The number of hydrogen-bond donors (Lipinski definition) is 2. The van der Waals surface area contributed by atoms with E-state index in [1.54, 1.807) is 48.8 Å². The number of piperidine rings is 1. The topological polar surface area (TPSA) is 124 Å². The Morgan fingerprint density at radius 1 is 1.04 bits per heavy atom. The molecular weight excluding hydrogens is 591 g/mol. The van der Waals surface area contributed by atoms with E-state index in [2.05, 4.69) is 35.5 Å². The van der Waals surface area contributed by atoms with Gasteiger partial charge in [0.25, 0.3) is 5.91 Å². The number of amides is 1. The molecule has 1 saturated heterocycles. The van der Waals surface area contributed by atoms with Gasteiger partial charge in [-0.3, -0.25) is 4.79 Å². The summed E-state index contributed by atoms with van der Waals surface area (Å²) < 4.78 is 58.4. The molecule has 0 radical (unpaired) electrons. The lowest BCUT2D eigenvalue weighted by molar-refractivity contribution is -0.139. The van der Waals surface area contributed by atoms with Crippen molar-refractivity contribution >= 4 is 23.5 Å². The number of nitrogens with zero attached hydrogens (tertiary/aromatic N) is 5. The minimum Gasteiger partial charge on any atom is -0.495 e. The normalized spacial score (nSPS) is 15.2. The third-order valence-corrected chi connectivity index (χ3v) is 7.63. The minimum absolute atomic E-state index is 0.0259. The maximum Gasteiger partial charge on any atom is 0.423 e. The Hall–Kier alpha value is -4.98. The Labute approximate surface area is 256 Å². The monoisotopic (exact) mass is 621 g/mol. The number of nitrogens with one attached hydrogen (secondary N) is 2. The van der Waals surface area contributed by atoms with Gasteiger partial charge in [-0.2, -0.15) is 18.2 Å². The van der Waals surface area contributed by atoms with Gasteiger partial charge in [-0.1, -0.05) is 12.1 Å². The zero-order valence-corrected chi connectivity index (χ0v) is 24.3. The van der Waals surface area contributed by atoms with Crippen molar-refractivity contribution in [1.82, 2.24) is 25.3 Å². The number of benzene rings is 2. The van der Waals surface area contributed by atoms with E-state index in [0.717, 1.165) is 18.4 Å². The number of ether oxygens (including phenoxy) is 3. The Morgan fingerprint density at radius 2 is 1.84 bits per heavy atom. The molecule has 0 bridgehead atoms. The van der Waals surface area contributed by atoms with Crippen LogP contribution in [-0.2, 0) is 23.9 Å². The lowest BCUT2D eigenvalue weighted by Gasteiger charge is -2.32. The molecule has 2 aliphatic rings. The number of aromatic nitrogens is 4. The first-order valence-corrected chi connectivity index (χ1v) is 14.4. The molecule has 11 nitrogen and oxygen atoms in total. The van der Waals surface area contributed by atoms with Crippen molar-refractivity contribution in [2.24, 2.45) is 0 Å². The molecule has 6 rings (SSSR count). The second kappa shape index (κ2) is 12.9. The molecule has 0 spiro atoms. The largest absolute Gasteiger partial charge is 0.495 e. The van der Waals surface area contributed by atoms with Crippen LogP contribution in [0.2, 0.25) is 0 Å². The summed E-state index contributed by atoms with van der Waals surface area (Å²) in [6.45, 7) is 2.17. The van der Waals surface area contributed by atoms with Crippen molar-refractivity contribution in [2.45, 2.75) is 38.1 Å². The summed E-state index contributed by atoms with van der Waals surface area (Å²) >= 11 is 0. The van der Waals surface area contributed by atoms with Crippen LogP contribution in [0.3, 0.4) is 0 Å². The summed E-state index contributed by atoms with van der Waals surface area (Å²) in [6.07, 6.45) is 1.41. The number of carbonyl (C=O) groups is 1. The van der Waals surface area contributed by atoms with E-state index in [0.29, 0.717) is 55.1 Å². The summed E-state index contributed by atoms with van der Waals surface area (Å²) in [6, 6.07) is 11.6. The van der Waals surface area contributed by atoms with E-state index in [9.17, 15) is 18.0 Å². The van der Waals surface area contributed by atoms with E-state index >= 15 is 0 Å². The fourth-order valence-corrected chi connectivity index (χ4v) is 5.27. The van der Waals surface area contributed by atoms with Gasteiger partial charge in [0, 0.05) is 48.8 Å². The van der Waals surface area contributed by atoms with Crippen LogP contribution in [0.1, 0.15) is 39.9 Å². The molecule has 2 aromatic carbocycles. The molecule has 2 aromatic heterocycles. The van der Waals surface area contributed by atoms with Gasteiger partial charge in [-0.05, 0) is 55.2 Å². The number of methoxy groups -OCH3 is 1. The maximum absolute atomic E-state index is 13.9. The van der Waals surface area contributed by atoms with Crippen molar-refractivity contribution in [2.75, 3.05) is 37.0 Å². The Balaban J connectivity index is 1.16. The second-order valence-corrected chi connectivity index (χ2v) is 10.5. The smallest absolute Gasteiger partial charge is 0.423 e. The van der Waals surface area contributed by atoms with Crippen molar-refractivity contribution in [1.29, 1.82) is 0 Å². The highest BCUT2D eigenvalue weighted by Crippen LogP contribution is 2.39. The molecule has 0 saturated carbocycles. The summed E-state index contributed by atoms with van der Waals surface area (Å²) in [4.78, 5) is 31.7. The molecule has 234 valence electrons. The van der Waals surface area contributed by atoms with E-state index < -0.39 is 17.6 Å². The van der Waals surface area contributed by atoms with Gasteiger partial charge >= 0.3 is 6.18 Å². The van der Waals surface area contributed by atoms with Crippen LogP contribution in [0.4, 0.5) is 30.8 Å². The molecule has 2 N–H and O–H groups in total. The Bertz CT molecular complexity index is 1670. The third-order valence-electron chi connectivity index (χ3n) is 7.63. The van der Waals surface area contributed by atoms with Gasteiger partial charge in [0.05, 0.1) is 26.0 Å². The van der Waals surface area contributed by atoms with Crippen LogP contribution < -0.4 is 25.0 Å². The molecule has 0 aliphatic carbocycles. The molecule has 0 atom stereocenters. The van der Waals surface area contributed by atoms with E-state index in [-0.39, 0.29) is 36.0 Å². The van der Waals surface area contributed by atoms with Crippen molar-refractivity contribution < 1.29 is 32.2 Å². The Kier molecular flexibility index (Phi) is 8.65. The number of alkyl halides is 3. The number of fused-ring (bicyclic) bond motifs is 1. The van der Waals surface area contributed by atoms with Crippen molar-refractivity contribution in [3.05, 3.63) is 83.3 Å². The second-order valence-electron chi connectivity index (χ2n) is 10.5. The van der Waals surface area contributed by atoms with Gasteiger partial charge in [-0.15, -0.1) is 0 Å². The lowest BCUT2D eigenvalue weighted by Crippen LogP contribution is -2.45. The van der Waals surface area contributed by atoms with Gasteiger partial charge < -0.3 is 29.7 Å². The SMILES string of the molecule is COc1cc(C(=O)NC2CCN(c3ncccn3)CC2)ccc1Nc1ncc(C(F)(F)F)c(Oc2cccc3c2COCC3)n1. The van der Waals surface area contributed by atoms with E-state index in [4.69, 9.17) is 14.2 Å². The average molecular weight is 622 g/mol. The summed E-state index contributed by atoms with van der Waals surface area (Å²) in [5, 5.41) is 5.95. The average Bonchev–Trinajstić information content (AvgIpc) is 3.05. The molecule has 1 fully saturated rings. The van der Waals surface area contributed by atoms with Crippen LogP contribution in [0.25, 0.3) is 0 Å². The van der Waals surface area contributed by atoms with Gasteiger partial charge in [0.15, 0.2) is 0 Å². The first kappa shape index (κ1) is 30.1. The summed E-state index contributed by atoms with van der Waals surface area (Å²) in [5.41, 5.74) is 1.21. The number of carbonyl (C=O) groups excluding carboxylic acids is 1. The van der Waals surface area contributed by atoms with Crippen LogP contribution in [0.15, 0.2) is 61.1 Å². The molecule has 4 heterocycles. The fraction of sp³-hybridized carbons (Fsp3) is 0.323. The molecule has 1 amide bonds. The Morgan fingerprint density at radius 3 is 2.60 bits per heavy atom. The quantitative estimate of drug-likeness (QED) is 0.268. The van der Waals surface area contributed by atoms with E-state index in [1.807, 2.05) is 6.07 Å². The highest BCUT2D eigenvalue weighted by molar-refractivity contribution is 5.95. The zero-order chi connectivity index (χ0) is 31.4. The van der Waals surface area contributed by atoms with Gasteiger partial charge in [0.2, 0.25) is 17.8 Å². The van der Waals surface area contributed by atoms with Gasteiger partial charge in [-0.25, -0.2) is 15.0 Å².